The molecule has 1 saturated heterocycles. The van der Waals surface area contributed by atoms with Crippen molar-refractivity contribution < 1.29 is 41.0 Å². The van der Waals surface area contributed by atoms with Gasteiger partial charge >= 0.3 is 6.18 Å². The Balaban J connectivity index is 2.07. The molecule has 33 heavy (non-hydrogen) atoms. The summed E-state index contributed by atoms with van der Waals surface area (Å²) < 4.78 is 80.2. The smallest absolute Gasteiger partial charge is 0.417 e. The van der Waals surface area contributed by atoms with Crippen molar-refractivity contribution in [1.82, 2.24) is 4.98 Å². The fourth-order valence-electron chi connectivity index (χ4n) is 3.95. The molecule has 1 N–H and O–H groups in total. The first-order valence-electron chi connectivity index (χ1n) is 9.86. The topological polar surface area (TPSA) is 77.5 Å². The van der Waals surface area contributed by atoms with Crippen LogP contribution in [0, 0.1) is 17.6 Å². The second-order valence-corrected chi connectivity index (χ2v) is 7.92. The summed E-state index contributed by atoms with van der Waals surface area (Å²) in [6, 6.07) is 4.43. The maximum Gasteiger partial charge on any atom is 0.417 e. The van der Waals surface area contributed by atoms with Gasteiger partial charge in [-0.3, -0.25) is 14.6 Å². The van der Waals surface area contributed by atoms with E-state index in [4.69, 9.17) is 9.47 Å². The molecule has 1 amide bonds. The number of aromatic nitrogens is 1. The highest BCUT2D eigenvalue weighted by Gasteiger charge is 2.65. The number of hydrogen-bond acceptors (Lipinski definition) is 5. The number of nitrogens with zero attached hydrogens (tertiary/aromatic N) is 1. The second kappa shape index (κ2) is 8.69. The molecule has 1 aromatic heterocycles. The molecule has 6 nitrogen and oxygen atoms in total. The van der Waals surface area contributed by atoms with Gasteiger partial charge in [0.1, 0.15) is 11.8 Å². The molecule has 178 valence electrons. The van der Waals surface area contributed by atoms with Crippen molar-refractivity contribution in [2.75, 3.05) is 12.4 Å². The van der Waals surface area contributed by atoms with Crippen LogP contribution in [-0.2, 0) is 9.53 Å². The highest BCUT2D eigenvalue weighted by Crippen LogP contribution is 2.55. The number of ether oxygens (including phenoxy) is 2. The number of amides is 1. The summed E-state index contributed by atoms with van der Waals surface area (Å²) in [6.07, 6.45) is -5.36. The average Bonchev–Trinajstić information content (AvgIpc) is 3.02. The minimum absolute atomic E-state index is 0.0347. The summed E-state index contributed by atoms with van der Waals surface area (Å²) in [7, 11) is 1.04. The van der Waals surface area contributed by atoms with Gasteiger partial charge in [0.2, 0.25) is 5.82 Å². The Bertz CT molecular complexity index is 1090. The minimum Gasteiger partial charge on any atom is -0.493 e. The lowest BCUT2D eigenvalue weighted by molar-refractivity contribution is -0.272. The molecule has 0 unspecified atom stereocenters. The Morgan fingerprint density at radius 3 is 2.45 bits per heavy atom. The Morgan fingerprint density at radius 1 is 1.21 bits per heavy atom. The number of ketones is 1. The van der Waals surface area contributed by atoms with Crippen LogP contribution in [0.1, 0.15) is 42.7 Å². The van der Waals surface area contributed by atoms with Gasteiger partial charge in [0.15, 0.2) is 23.0 Å². The molecule has 1 aromatic carbocycles. The molecule has 0 saturated carbocycles. The number of alkyl halides is 3. The highest BCUT2D eigenvalue weighted by atomic mass is 19.4. The number of carbonyl (C=O) groups is 2. The van der Waals surface area contributed by atoms with Gasteiger partial charge in [-0.15, -0.1) is 0 Å². The first-order chi connectivity index (χ1) is 15.3. The largest absolute Gasteiger partial charge is 0.493 e. The lowest BCUT2D eigenvalue weighted by Gasteiger charge is -2.32. The standard InChI is InChI=1S/C22H21F5N2O4/c1-10-16(13-5-6-14(23)17(24)18(13)32-4)19(33-21(10,3)22(25,26)27)20(31)29-12-7-8-28-15(9-12)11(2)30/h5-10,16,19H,1-4H3,(H,28,29,31)/t10-,16-,19-,21+/m0/s1. The van der Waals surface area contributed by atoms with Gasteiger partial charge in [0, 0.05) is 36.2 Å². The molecule has 4 atom stereocenters. The normalized spacial score (nSPS) is 25.1. The van der Waals surface area contributed by atoms with Crippen LogP contribution in [-0.4, -0.2) is 41.7 Å². The quantitative estimate of drug-likeness (QED) is 0.507. The van der Waals surface area contributed by atoms with Crippen molar-refractivity contribution in [2.24, 2.45) is 5.92 Å². The van der Waals surface area contributed by atoms with E-state index in [0.29, 0.717) is 0 Å². The Labute approximate surface area is 186 Å². The van der Waals surface area contributed by atoms with E-state index in [1.165, 1.54) is 32.2 Å². The van der Waals surface area contributed by atoms with E-state index in [1.807, 2.05) is 0 Å². The molecular weight excluding hydrogens is 451 g/mol. The molecule has 0 aliphatic carbocycles. The number of benzene rings is 1. The second-order valence-electron chi connectivity index (χ2n) is 7.92. The van der Waals surface area contributed by atoms with E-state index in [-0.39, 0.29) is 22.7 Å². The summed E-state index contributed by atoms with van der Waals surface area (Å²) in [4.78, 5) is 28.5. The Hall–Kier alpha value is -3.08. The van der Waals surface area contributed by atoms with Crippen molar-refractivity contribution in [3.8, 4) is 5.75 Å². The number of nitrogens with one attached hydrogen (secondary N) is 1. The van der Waals surface area contributed by atoms with E-state index in [9.17, 15) is 31.5 Å². The molecule has 0 radical (unpaired) electrons. The molecule has 2 heterocycles. The van der Waals surface area contributed by atoms with E-state index in [1.54, 1.807) is 0 Å². The molecule has 0 bridgehead atoms. The van der Waals surface area contributed by atoms with Crippen LogP contribution in [0.25, 0.3) is 0 Å². The molecular formula is C22H21F5N2O4. The number of carbonyl (C=O) groups excluding carboxylic acids is 2. The lowest BCUT2D eigenvalue weighted by atomic mass is 9.77. The third-order valence-electron chi connectivity index (χ3n) is 5.96. The molecule has 2 aromatic rings. The zero-order chi connectivity index (χ0) is 24.7. The number of pyridine rings is 1. The van der Waals surface area contributed by atoms with Crippen LogP contribution in [0.3, 0.4) is 0 Å². The van der Waals surface area contributed by atoms with Crippen LogP contribution in [0.5, 0.6) is 5.75 Å². The summed E-state index contributed by atoms with van der Waals surface area (Å²) in [6.45, 7) is 3.27. The van der Waals surface area contributed by atoms with Gasteiger partial charge in [0.05, 0.1) is 7.11 Å². The predicted octanol–water partition coefficient (Wildman–Crippen LogP) is 4.65. The van der Waals surface area contributed by atoms with Gasteiger partial charge in [-0.25, -0.2) is 4.39 Å². The van der Waals surface area contributed by atoms with Crippen molar-refractivity contribution in [3.63, 3.8) is 0 Å². The van der Waals surface area contributed by atoms with E-state index < -0.39 is 53.0 Å². The number of anilines is 1. The summed E-state index contributed by atoms with van der Waals surface area (Å²) in [5.74, 6) is -7.31. The molecule has 0 spiro atoms. The number of rotatable bonds is 5. The summed E-state index contributed by atoms with van der Waals surface area (Å²) in [5.41, 5.74) is -2.77. The SMILES string of the molecule is COc1c([C@H]2[C@@H](C(=O)Nc3ccnc(C(C)=O)c3)O[C@@](C)(C(F)(F)F)[C@H]2C)ccc(F)c1F. The summed E-state index contributed by atoms with van der Waals surface area (Å²) in [5, 5.41) is 2.42. The van der Waals surface area contributed by atoms with Crippen LogP contribution in [0.4, 0.5) is 27.6 Å². The molecule has 1 aliphatic heterocycles. The first kappa shape index (κ1) is 24.6. The lowest BCUT2D eigenvalue weighted by Crippen LogP contribution is -2.47. The maximum absolute atomic E-state index is 14.4. The fraction of sp³-hybridized carbons (Fsp3) is 0.409. The first-order valence-corrected chi connectivity index (χ1v) is 9.86. The van der Waals surface area contributed by atoms with Crippen LogP contribution < -0.4 is 10.1 Å². The van der Waals surface area contributed by atoms with Crippen molar-refractivity contribution in [2.45, 2.75) is 44.6 Å². The highest BCUT2D eigenvalue weighted by molar-refractivity contribution is 5.97. The summed E-state index contributed by atoms with van der Waals surface area (Å²) >= 11 is 0. The number of hydrogen-bond donors (Lipinski definition) is 1. The zero-order valence-electron chi connectivity index (χ0n) is 18.1. The van der Waals surface area contributed by atoms with Crippen LogP contribution in [0.2, 0.25) is 0 Å². The van der Waals surface area contributed by atoms with Crippen molar-refractivity contribution in [3.05, 3.63) is 53.4 Å². The van der Waals surface area contributed by atoms with Crippen LogP contribution >= 0.6 is 0 Å². The zero-order valence-corrected chi connectivity index (χ0v) is 18.1. The number of methoxy groups -OCH3 is 1. The third kappa shape index (κ3) is 4.29. The Kier molecular flexibility index (Phi) is 6.47. The molecule has 3 rings (SSSR count). The van der Waals surface area contributed by atoms with E-state index >= 15 is 0 Å². The van der Waals surface area contributed by atoms with Gasteiger partial charge in [-0.1, -0.05) is 13.0 Å². The minimum atomic E-state index is -4.87. The fourth-order valence-corrected chi connectivity index (χ4v) is 3.95. The monoisotopic (exact) mass is 472 g/mol. The van der Waals surface area contributed by atoms with Gasteiger partial charge in [-0.2, -0.15) is 17.6 Å². The Morgan fingerprint density at radius 2 is 1.88 bits per heavy atom. The van der Waals surface area contributed by atoms with Crippen LogP contribution in [0.15, 0.2) is 30.5 Å². The van der Waals surface area contributed by atoms with Gasteiger partial charge < -0.3 is 14.8 Å². The predicted molar refractivity (Wildman–Crippen MR) is 107 cm³/mol. The molecule has 11 heteroatoms. The maximum atomic E-state index is 14.4. The molecule has 1 aliphatic rings. The number of Topliss-reactive ketones (excluding diaryl/α,β-unsaturated/α-hetero) is 1. The van der Waals surface area contributed by atoms with Crippen molar-refractivity contribution in [1.29, 1.82) is 0 Å². The average molecular weight is 472 g/mol. The third-order valence-corrected chi connectivity index (χ3v) is 5.96. The van der Waals surface area contributed by atoms with Gasteiger partial charge in [-0.05, 0) is 25.1 Å². The van der Waals surface area contributed by atoms with Gasteiger partial charge in [0.25, 0.3) is 5.91 Å². The molecule has 1 fully saturated rings. The van der Waals surface area contributed by atoms with E-state index in [2.05, 4.69) is 10.3 Å². The van der Waals surface area contributed by atoms with E-state index in [0.717, 1.165) is 26.2 Å². The van der Waals surface area contributed by atoms with Crippen molar-refractivity contribution >= 4 is 17.4 Å². The number of halogens is 5.